The third kappa shape index (κ3) is 6.02. The number of benzene rings is 6. The number of fused-ring (bicyclic) bond motifs is 12. The molecule has 0 bridgehead atoms. The summed E-state index contributed by atoms with van der Waals surface area (Å²) in [5, 5.41) is 6.80. The van der Waals surface area contributed by atoms with Crippen molar-refractivity contribution in [3.63, 3.8) is 0 Å². The van der Waals surface area contributed by atoms with Crippen LogP contribution in [0.5, 0.6) is 11.5 Å². The fourth-order valence-corrected chi connectivity index (χ4v) is 8.61. The highest BCUT2D eigenvalue weighted by molar-refractivity contribution is 14.1. The zero-order valence-corrected chi connectivity index (χ0v) is 31.9. The third-order valence-electron chi connectivity index (χ3n) is 9.00. The molecule has 0 N–H and O–H groups in total. The lowest BCUT2D eigenvalue weighted by atomic mass is 10.1. The van der Waals surface area contributed by atoms with E-state index in [-0.39, 0.29) is 11.5 Å². The molecular formula is C40H20F6I2O6. The molecule has 0 fully saturated rings. The van der Waals surface area contributed by atoms with Crippen molar-refractivity contribution < 1.29 is 53.5 Å². The minimum absolute atomic E-state index is 0.311. The molecule has 0 saturated carbocycles. The SMILES string of the molecule is Cc1ccc2c(c1)oc1c(I)c3c(oc4cc(OC(F)(F)F)ccc43)c(I)c12.Cc1ccc2c(c1)oc1cc3c(cc12)oc1cc(OC(F)(F)F)ccc13. The van der Waals surface area contributed by atoms with E-state index in [1.807, 2.05) is 62.4 Å². The second-order valence-corrected chi connectivity index (χ2v) is 14.9. The van der Waals surface area contributed by atoms with Crippen LogP contribution in [-0.2, 0) is 0 Å². The molecule has 6 nitrogen and oxygen atoms in total. The van der Waals surface area contributed by atoms with E-state index in [9.17, 15) is 26.3 Å². The predicted octanol–water partition coefficient (Wildman–Crippen LogP) is 14.6. The minimum atomic E-state index is -4.75. The van der Waals surface area contributed by atoms with Gasteiger partial charge in [-0.3, -0.25) is 0 Å². The summed E-state index contributed by atoms with van der Waals surface area (Å²) in [5.41, 5.74) is 7.11. The van der Waals surface area contributed by atoms with Gasteiger partial charge in [0, 0.05) is 55.2 Å². The van der Waals surface area contributed by atoms with Crippen molar-refractivity contribution in [2.45, 2.75) is 26.6 Å². The highest BCUT2D eigenvalue weighted by Gasteiger charge is 2.32. The molecule has 6 aromatic carbocycles. The summed E-state index contributed by atoms with van der Waals surface area (Å²) in [4.78, 5) is 0. The average molecular weight is 964 g/mol. The van der Waals surface area contributed by atoms with Gasteiger partial charge in [-0.15, -0.1) is 26.3 Å². The fourth-order valence-electron chi connectivity index (χ4n) is 6.78. The van der Waals surface area contributed by atoms with Crippen molar-refractivity contribution in [3.8, 4) is 11.5 Å². The first-order valence-corrected chi connectivity index (χ1v) is 18.2. The highest BCUT2D eigenvalue weighted by Crippen LogP contribution is 2.45. The fraction of sp³-hybridized carbons (Fsp3) is 0.100. The molecule has 14 heteroatoms. The smallest absolute Gasteiger partial charge is 0.456 e. The number of hydrogen-bond acceptors (Lipinski definition) is 6. The van der Waals surface area contributed by atoms with Crippen molar-refractivity contribution in [1.82, 2.24) is 0 Å². The van der Waals surface area contributed by atoms with E-state index < -0.39 is 12.7 Å². The summed E-state index contributed by atoms with van der Waals surface area (Å²) >= 11 is 4.41. The maximum atomic E-state index is 12.5. The Morgan fingerprint density at radius 2 is 0.778 bits per heavy atom. The first-order valence-electron chi connectivity index (χ1n) is 16.1. The predicted molar refractivity (Wildman–Crippen MR) is 210 cm³/mol. The lowest BCUT2D eigenvalue weighted by Gasteiger charge is -2.07. The van der Waals surface area contributed by atoms with Crippen LogP contribution in [0.25, 0.3) is 87.8 Å². The number of furan rings is 4. The number of ether oxygens (including phenoxy) is 2. The van der Waals surface area contributed by atoms with E-state index in [2.05, 4.69) is 54.7 Å². The number of hydrogen-bond donors (Lipinski definition) is 0. The Kier molecular flexibility index (Phi) is 7.98. The van der Waals surface area contributed by atoms with Gasteiger partial charge >= 0.3 is 12.7 Å². The van der Waals surface area contributed by atoms with Gasteiger partial charge in [0.1, 0.15) is 45.0 Å². The summed E-state index contributed by atoms with van der Waals surface area (Å²) < 4.78 is 108. The molecule has 0 spiro atoms. The molecule has 10 rings (SSSR count). The van der Waals surface area contributed by atoms with E-state index in [1.54, 1.807) is 12.1 Å². The lowest BCUT2D eigenvalue weighted by Crippen LogP contribution is -2.16. The Bertz CT molecular complexity index is 3150. The van der Waals surface area contributed by atoms with E-state index in [1.165, 1.54) is 24.3 Å². The van der Waals surface area contributed by atoms with E-state index >= 15 is 0 Å². The van der Waals surface area contributed by atoms with Gasteiger partial charge < -0.3 is 27.1 Å². The van der Waals surface area contributed by atoms with Crippen LogP contribution in [0.1, 0.15) is 11.1 Å². The van der Waals surface area contributed by atoms with Gasteiger partial charge in [-0.25, -0.2) is 0 Å². The number of rotatable bonds is 2. The maximum absolute atomic E-state index is 12.5. The Hall–Kier alpha value is -4.84. The third-order valence-corrected chi connectivity index (χ3v) is 11.1. The molecule has 0 aliphatic heterocycles. The van der Waals surface area contributed by atoms with Crippen LogP contribution in [0, 0.1) is 21.0 Å². The van der Waals surface area contributed by atoms with E-state index in [4.69, 9.17) is 17.7 Å². The zero-order chi connectivity index (χ0) is 37.8. The maximum Gasteiger partial charge on any atom is 0.573 e. The molecule has 0 aliphatic rings. The van der Waals surface area contributed by atoms with Crippen LogP contribution in [0.2, 0.25) is 0 Å². The summed E-state index contributed by atoms with van der Waals surface area (Å²) in [6, 6.07) is 23.9. The second-order valence-electron chi connectivity index (χ2n) is 12.7. The molecule has 4 aromatic heterocycles. The molecule has 0 aliphatic carbocycles. The quantitative estimate of drug-likeness (QED) is 0.127. The molecule has 0 atom stereocenters. The van der Waals surface area contributed by atoms with Gasteiger partial charge in [0.05, 0.1) is 7.14 Å². The van der Waals surface area contributed by atoms with Crippen LogP contribution in [0.3, 0.4) is 0 Å². The Morgan fingerprint density at radius 1 is 0.426 bits per heavy atom. The molecule has 272 valence electrons. The van der Waals surface area contributed by atoms with Gasteiger partial charge in [-0.1, -0.05) is 24.3 Å². The standard InChI is InChI=1S/C20H9F3I2O3.C20H11F3O3/c1-8-2-4-10-12(6-8)26-18-14(10)16(24)19-15(17(18)25)11-5-3-9(7-13(11)27-19)28-20(21,22)23;1-10-2-4-12-14-8-19-15(9-18(14)24-16(12)6-10)13-5-3-11(7-17(13)25-19)26-20(21,22)23/h2-7H,1H3;2-9H,1H3. The highest BCUT2D eigenvalue weighted by atomic mass is 127. The van der Waals surface area contributed by atoms with Crippen LogP contribution >= 0.6 is 45.2 Å². The van der Waals surface area contributed by atoms with Crippen molar-refractivity contribution in [2.75, 3.05) is 0 Å². The van der Waals surface area contributed by atoms with Gasteiger partial charge in [0.15, 0.2) is 11.2 Å². The van der Waals surface area contributed by atoms with Crippen LogP contribution in [-0.4, -0.2) is 12.7 Å². The summed E-state index contributed by atoms with van der Waals surface area (Å²) in [7, 11) is 0. The molecule has 54 heavy (non-hydrogen) atoms. The van der Waals surface area contributed by atoms with Crippen LogP contribution in [0.15, 0.2) is 103 Å². The Balaban J connectivity index is 0.000000143. The first kappa shape index (κ1) is 34.9. The topological polar surface area (TPSA) is 71.0 Å². The number of alkyl halides is 6. The summed E-state index contributed by atoms with van der Waals surface area (Å²) in [6.45, 7) is 4.00. The van der Waals surface area contributed by atoms with Crippen molar-refractivity contribution in [2.24, 2.45) is 0 Å². The molecule has 10 aromatic rings. The van der Waals surface area contributed by atoms with Crippen LogP contribution in [0.4, 0.5) is 26.3 Å². The average Bonchev–Trinajstić information content (AvgIpc) is 3.84. The molecule has 4 heterocycles. The molecule has 0 unspecified atom stereocenters. The molecule has 0 amide bonds. The molecule has 0 saturated heterocycles. The largest absolute Gasteiger partial charge is 0.573 e. The van der Waals surface area contributed by atoms with Crippen molar-refractivity contribution in [3.05, 3.63) is 103 Å². The first-order chi connectivity index (χ1) is 25.6. The zero-order valence-electron chi connectivity index (χ0n) is 27.6. The van der Waals surface area contributed by atoms with Gasteiger partial charge in [-0.05, 0) is 119 Å². The van der Waals surface area contributed by atoms with Gasteiger partial charge in [0.2, 0.25) is 0 Å². The van der Waals surface area contributed by atoms with Gasteiger partial charge in [-0.2, -0.15) is 0 Å². The summed E-state index contributed by atoms with van der Waals surface area (Å²) in [6.07, 6.45) is -9.49. The Labute approximate surface area is 325 Å². The van der Waals surface area contributed by atoms with E-state index in [0.29, 0.717) is 38.7 Å². The lowest BCUT2D eigenvalue weighted by molar-refractivity contribution is -0.275. The number of aryl methyl sites for hydroxylation is 2. The van der Waals surface area contributed by atoms with E-state index in [0.717, 1.165) is 67.3 Å². The number of halogens is 8. The summed E-state index contributed by atoms with van der Waals surface area (Å²) in [5.74, 6) is -0.623. The normalized spacial score (nSPS) is 12.6. The van der Waals surface area contributed by atoms with Gasteiger partial charge in [0.25, 0.3) is 0 Å². The molecular weight excluding hydrogens is 944 g/mol. The van der Waals surface area contributed by atoms with Crippen molar-refractivity contribution in [1.29, 1.82) is 0 Å². The second kappa shape index (κ2) is 12.3. The molecule has 0 radical (unpaired) electrons. The monoisotopic (exact) mass is 964 g/mol. The van der Waals surface area contributed by atoms with Crippen LogP contribution < -0.4 is 9.47 Å². The Morgan fingerprint density at radius 3 is 1.24 bits per heavy atom. The minimum Gasteiger partial charge on any atom is -0.456 e. The van der Waals surface area contributed by atoms with Crippen molar-refractivity contribution >= 4 is 133 Å².